The Kier molecular flexibility index (Phi) is 4.70. The molecule has 2 nitrogen and oxygen atoms in total. The van der Waals surface area contributed by atoms with Crippen LogP contribution in [0.4, 0.5) is 0 Å². The van der Waals surface area contributed by atoms with Crippen molar-refractivity contribution in [2.45, 2.75) is 27.7 Å². The molecule has 3 aromatic carbocycles. The number of aryl methyl sites for hydroxylation is 4. The molecule has 0 unspecified atom stereocenters. The summed E-state index contributed by atoms with van der Waals surface area (Å²) < 4.78 is 13.4. The standard InChI is InChI=1S/C34H24N2S4/c1-17-5-9-21(10-6-17)35-25-15-24-27(16-23(25)31-30(35)33-28(40-31)14-20(4)38-33)39-34-29(24)36(22-11-7-18(2)8-12-22)26-13-19(3)37-32(26)34/h5-16H,1-4H3. The van der Waals surface area contributed by atoms with Crippen molar-refractivity contribution in [3.05, 3.63) is 93.7 Å². The van der Waals surface area contributed by atoms with Gasteiger partial charge in [-0.15, -0.1) is 45.3 Å². The molecule has 40 heavy (non-hydrogen) atoms. The number of hydrogen-bond donors (Lipinski definition) is 0. The number of aromatic nitrogens is 2. The summed E-state index contributed by atoms with van der Waals surface area (Å²) in [6, 6.07) is 27.7. The Morgan fingerprint density at radius 2 is 1.05 bits per heavy atom. The zero-order valence-electron chi connectivity index (χ0n) is 22.5. The highest BCUT2D eigenvalue weighted by molar-refractivity contribution is 7.33. The molecule has 0 amide bonds. The first-order valence-corrected chi connectivity index (χ1v) is 16.7. The summed E-state index contributed by atoms with van der Waals surface area (Å²) in [6.07, 6.45) is 0. The van der Waals surface area contributed by atoms with Crippen LogP contribution in [0.2, 0.25) is 0 Å². The van der Waals surface area contributed by atoms with Gasteiger partial charge >= 0.3 is 0 Å². The number of nitrogens with zero attached hydrogens (tertiary/aromatic N) is 2. The molecule has 0 fully saturated rings. The predicted molar refractivity (Wildman–Crippen MR) is 181 cm³/mol. The van der Waals surface area contributed by atoms with E-state index in [4.69, 9.17) is 0 Å². The number of rotatable bonds is 2. The quantitative estimate of drug-likeness (QED) is 0.190. The van der Waals surface area contributed by atoms with Crippen molar-refractivity contribution in [3.63, 3.8) is 0 Å². The van der Waals surface area contributed by atoms with Crippen molar-refractivity contribution in [2.75, 3.05) is 0 Å². The molecule has 0 radical (unpaired) electrons. The van der Waals surface area contributed by atoms with Gasteiger partial charge in [-0.05, 0) is 76.2 Å². The third kappa shape index (κ3) is 3.08. The van der Waals surface area contributed by atoms with E-state index < -0.39 is 0 Å². The Balaban J connectivity index is 1.47. The lowest BCUT2D eigenvalue weighted by molar-refractivity contribution is 1.18. The molecule has 0 aliphatic rings. The highest BCUT2D eigenvalue weighted by atomic mass is 32.1. The second kappa shape index (κ2) is 8.08. The first-order chi connectivity index (χ1) is 19.4. The minimum atomic E-state index is 1.23. The maximum atomic E-state index is 2.52. The zero-order valence-corrected chi connectivity index (χ0v) is 25.7. The fourth-order valence-electron chi connectivity index (χ4n) is 6.23. The van der Waals surface area contributed by atoms with E-state index in [1.807, 2.05) is 45.3 Å². The van der Waals surface area contributed by atoms with Gasteiger partial charge in [0.15, 0.2) is 0 Å². The van der Waals surface area contributed by atoms with Gasteiger partial charge in [-0.1, -0.05) is 35.4 Å². The molecule has 0 spiro atoms. The lowest BCUT2D eigenvalue weighted by atomic mass is 10.1. The van der Waals surface area contributed by atoms with Crippen LogP contribution in [0.15, 0.2) is 72.8 Å². The van der Waals surface area contributed by atoms with Gasteiger partial charge in [0, 0.05) is 41.3 Å². The van der Waals surface area contributed by atoms with Crippen molar-refractivity contribution in [1.82, 2.24) is 9.13 Å². The molecular weight excluding hydrogens is 565 g/mol. The smallest absolute Gasteiger partial charge is 0.0828 e. The molecule has 6 heterocycles. The zero-order chi connectivity index (χ0) is 26.9. The molecule has 9 aromatic rings. The molecule has 0 aliphatic carbocycles. The molecule has 0 saturated heterocycles. The molecular formula is C34H24N2S4. The third-order valence-electron chi connectivity index (χ3n) is 8.04. The highest BCUT2D eigenvalue weighted by Crippen LogP contribution is 2.50. The summed E-state index contributed by atoms with van der Waals surface area (Å²) in [6.45, 7) is 8.77. The minimum absolute atomic E-state index is 1.23. The summed E-state index contributed by atoms with van der Waals surface area (Å²) in [4.78, 5) is 2.73. The van der Waals surface area contributed by atoms with Crippen LogP contribution in [0.25, 0.3) is 72.4 Å². The van der Waals surface area contributed by atoms with Crippen molar-refractivity contribution in [3.8, 4) is 11.4 Å². The molecule has 0 bridgehead atoms. The monoisotopic (exact) mass is 588 g/mol. The number of fused-ring (bicyclic) bond motifs is 10. The van der Waals surface area contributed by atoms with Crippen LogP contribution in [0.5, 0.6) is 0 Å². The van der Waals surface area contributed by atoms with Gasteiger partial charge in [0.05, 0.1) is 40.9 Å². The Bertz CT molecular complexity index is 2450. The summed E-state index contributed by atoms with van der Waals surface area (Å²) >= 11 is 7.74. The summed E-state index contributed by atoms with van der Waals surface area (Å²) in [5, 5.41) is 2.70. The first-order valence-electron chi connectivity index (χ1n) is 13.4. The number of hydrogen-bond acceptors (Lipinski definition) is 4. The van der Waals surface area contributed by atoms with Crippen LogP contribution in [0.3, 0.4) is 0 Å². The van der Waals surface area contributed by atoms with Crippen molar-refractivity contribution in [2.24, 2.45) is 0 Å². The maximum absolute atomic E-state index is 2.52. The molecule has 9 rings (SSSR count). The second-order valence-electron chi connectivity index (χ2n) is 10.9. The van der Waals surface area contributed by atoms with Gasteiger partial charge in [-0.3, -0.25) is 0 Å². The maximum Gasteiger partial charge on any atom is 0.0828 e. The number of benzene rings is 3. The molecule has 6 aromatic heterocycles. The van der Waals surface area contributed by atoms with Gasteiger partial charge in [0.25, 0.3) is 0 Å². The predicted octanol–water partition coefficient (Wildman–Crippen LogP) is 11.7. The minimum Gasteiger partial charge on any atom is -0.307 e. The van der Waals surface area contributed by atoms with Crippen molar-refractivity contribution >= 4 is 106 Å². The van der Waals surface area contributed by atoms with E-state index in [1.54, 1.807) is 0 Å². The fourth-order valence-corrected chi connectivity index (χ4v) is 11.1. The Morgan fingerprint density at radius 3 is 1.75 bits per heavy atom. The third-order valence-corrected chi connectivity index (χ3v) is 12.7. The fraction of sp³-hybridized carbons (Fsp3) is 0.118. The van der Waals surface area contributed by atoms with E-state index in [0.717, 1.165) is 0 Å². The summed E-state index contributed by atoms with van der Waals surface area (Å²) in [5.74, 6) is 0. The van der Waals surface area contributed by atoms with Crippen LogP contribution in [-0.2, 0) is 0 Å². The van der Waals surface area contributed by atoms with Crippen molar-refractivity contribution in [1.29, 1.82) is 0 Å². The number of thiophene rings is 4. The van der Waals surface area contributed by atoms with Crippen LogP contribution in [-0.4, -0.2) is 9.13 Å². The van der Waals surface area contributed by atoms with Gasteiger partial charge in [-0.25, -0.2) is 0 Å². The molecule has 0 saturated carbocycles. The van der Waals surface area contributed by atoms with E-state index in [1.165, 1.54) is 93.3 Å². The molecule has 6 heteroatoms. The van der Waals surface area contributed by atoms with Gasteiger partial charge in [-0.2, -0.15) is 0 Å². The van der Waals surface area contributed by atoms with E-state index in [2.05, 4.69) is 110 Å². The van der Waals surface area contributed by atoms with Crippen LogP contribution < -0.4 is 0 Å². The average molecular weight is 589 g/mol. The Morgan fingerprint density at radius 1 is 0.450 bits per heavy atom. The molecule has 0 N–H and O–H groups in total. The SMILES string of the molecule is Cc1ccc(-n2c3cc(C)sc3c3sc4cc5c6sc7cc(C)sc7c6n(-c6ccc(C)cc6)c5cc4c32)cc1. The largest absolute Gasteiger partial charge is 0.307 e. The average Bonchev–Trinajstić information content (AvgIpc) is 3.74. The Labute approximate surface area is 246 Å². The van der Waals surface area contributed by atoms with E-state index in [9.17, 15) is 0 Å². The highest BCUT2D eigenvalue weighted by Gasteiger charge is 2.24. The first kappa shape index (κ1) is 23.3. The van der Waals surface area contributed by atoms with Gasteiger partial charge in [0.1, 0.15) is 0 Å². The lowest BCUT2D eigenvalue weighted by Crippen LogP contribution is -1.94. The molecule has 194 valence electrons. The van der Waals surface area contributed by atoms with Gasteiger partial charge < -0.3 is 9.13 Å². The van der Waals surface area contributed by atoms with Gasteiger partial charge in [0.2, 0.25) is 0 Å². The van der Waals surface area contributed by atoms with Crippen molar-refractivity contribution < 1.29 is 0 Å². The Hall–Kier alpha value is -3.42. The normalized spacial score (nSPS) is 12.5. The van der Waals surface area contributed by atoms with E-state index in [0.29, 0.717) is 0 Å². The van der Waals surface area contributed by atoms with Crippen LogP contribution in [0.1, 0.15) is 20.9 Å². The molecule has 0 atom stereocenters. The summed E-state index contributed by atoms with van der Waals surface area (Å²) in [5.41, 5.74) is 10.3. The second-order valence-corrected chi connectivity index (χ2v) is 15.5. The topological polar surface area (TPSA) is 9.86 Å². The lowest BCUT2D eigenvalue weighted by Gasteiger charge is -2.09. The van der Waals surface area contributed by atoms with Crippen LogP contribution in [0, 0.1) is 27.7 Å². The summed E-state index contributed by atoms with van der Waals surface area (Å²) in [7, 11) is 0. The van der Waals surface area contributed by atoms with E-state index >= 15 is 0 Å². The molecule has 0 aliphatic heterocycles. The van der Waals surface area contributed by atoms with Crippen LogP contribution >= 0.6 is 45.3 Å². The van der Waals surface area contributed by atoms with E-state index in [-0.39, 0.29) is 0 Å².